The first-order valence-electron chi connectivity index (χ1n) is 7.11. The Morgan fingerprint density at radius 3 is 2.67 bits per heavy atom. The summed E-state index contributed by atoms with van der Waals surface area (Å²) in [5.41, 5.74) is 2.83. The van der Waals surface area contributed by atoms with Crippen molar-refractivity contribution in [2.24, 2.45) is 0 Å². The number of benzene rings is 1. The van der Waals surface area contributed by atoms with Crippen LogP contribution in [0.15, 0.2) is 18.2 Å². The van der Waals surface area contributed by atoms with Gasteiger partial charge in [-0.25, -0.2) is 8.42 Å². The average molecular weight is 310 g/mol. The Morgan fingerprint density at radius 2 is 2.05 bits per heavy atom. The highest BCUT2D eigenvalue weighted by atomic mass is 32.2. The number of nitrogens with zero attached hydrogens (tertiary/aromatic N) is 1. The van der Waals surface area contributed by atoms with E-state index in [9.17, 15) is 13.2 Å². The summed E-state index contributed by atoms with van der Waals surface area (Å²) in [7, 11) is -3.19. The zero-order valence-electron chi connectivity index (χ0n) is 12.7. The summed E-state index contributed by atoms with van der Waals surface area (Å²) in [6.07, 6.45) is 2.86. The second-order valence-corrected chi connectivity index (χ2v) is 7.61. The summed E-state index contributed by atoms with van der Waals surface area (Å²) >= 11 is 0. The molecule has 2 rings (SSSR count). The van der Waals surface area contributed by atoms with Crippen molar-refractivity contribution >= 4 is 15.9 Å². The Bertz CT molecular complexity index is 640. The minimum atomic E-state index is -3.19. The van der Waals surface area contributed by atoms with E-state index >= 15 is 0 Å². The van der Waals surface area contributed by atoms with Gasteiger partial charge in [0.2, 0.25) is 10.0 Å². The van der Waals surface area contributed by atoms with Crippen molar-refractivity contribution in [3.05, 3.63) is 34.9 Å². The third-order valence-corrected chi connectivity index (χ3v) is 5.35. The molecule has 1 N–H and O–H groups in total. The van der Waals surface area contributed by atoms with E-state index in [1.54, 1.807) is 6.07 Å². The highest BCUT2D eigenvalue weighted by Gasteiger charge is 2.31. The molecule has 0 spiro atoms. The summed E-state index contributed by atoms with van der Waals surface area (Å²) in [5, 5.41) is 2.84. The summed E-state index contributed by atoms with van der Waals surface area (Å²) in [5.74, 6) is -0.154. The summed E-state index contributed by atoms with van der Waals surface area (Å²) in [6.45, 7) is 4.87. The van der Waals surface area contributed by atoms with Crippen molar-refractivity contribution in [3.63, 3.8) is 0 Å². The molecule has 0 saturated carbocycles. The van der Waals surface area contributed by atoms with E-state index in [2.05, 4.69) is 5.32 Å². The molecule has 0 aliphatic carbocycles. The predicted octanol–water partition coefficient (Wildman–Crippen LogP) is 1.46. The SMILES string of the molecule is Cc1ccc(C(=O)NCC2CCCN2S(C)(=O)=O)cc1C. The van der Waals surface area contributed by atoms with Crippen LogP contribution in [-0.4, -0.2) is 44.0 Å². The molecule has 1 heterocycles. The molecule has 1 aliphatic rings. The maximum atomic E-state index is 12.1. The Morgan fingerprint density at radius 1 is 1.33 bits per heavy atom. The number of aryl methyl sites for hydroxylation is 2. The summed E-state index contributed by atoms with van der Waals surface area (Å²) in [6, 6.07) is 5.44. The van der Waals surface area contributed by atoms with Crippen LogP contribution in [0, 0.1) is 13.8 Å². The highest BCUT2D eigenvalue weighted by Crippen LogP contribution is 2.19. The van der Waals surface area contributed by atoms with Gasteiger partial charge >= 0.3 is 0 Å². The van der Waals surface area contributed by atoms with E-state index in [1.165, 1.54) is 10.6 Å². The number of hydrogen-bond acceptors (Lipinski definition) is 3. The van der Waals surface area contributed by atoms with Crippen LogP contribution in [0.2, 0.25) is 0 Å². The third-order valence-electron chi connectivity index (χ3n) is 4.02. The average Bonchev–Trinajstić information content (AvgIpc) is 2.87. The van der Waals surface area contributed by atoms with Gasteiger partial charge in [-0.15, -0.1) is 0 Å². The van der Waals surface area contributed by atoms with Gasteiger partial charge in [0.1, 0.15) is 0 Å². The molecule has 1 atom stereocenters. The van der Waals surface area contributed by atoms with Crippen molar-refractivity contribution in [1.82, 2.24) is 9.62 Å². The number of sulfonamides is 1. The second kappa shape index (κ2) is 6.15. The number of carbonyl (C=O) groups excluding carboxylic acids is 1. The Labute approximate surface area is 126 Å². The van der Waals surface area contributed by atoms with Gasteiger partial charge in [0, 0.05) is 24.7 Å². The summed E-state index contributed by atoms with van der Waals surface area (Å²) in [4.78, 5) is 12.1. The topological polar surface area (TPSA) is 66.5 Å². The van der Waals surface area contributed by atoms with Crippen molar-refractivity contribution in [3.8, 4) is 0 Å². The molecule has 1 aliphatic heterocycles. The normalized spacial score (nSPS) is 19.7. The molecular weight excluding hydrogens is 288 g/mol. The van der Waals surface area contributed by atoms with Crippen molar-refractivity contribution in [2.75, 3.05) is 19.3 Å². The minimum absolute atomic E-state index is 0.129. The molecule has 116 valence electrons. The molecule has 1 amide bonds. The van der Waals surface area contributed by atoms with Crippen LogP contribution in [-0.2, 0) is 10.0 Å². The van der Waals surface area contributed by atoms with Crippen LogP contribution in [0.1, 0.15) is 34.3 Å². The number of carbonyl (C=O) groups is 1. The Kier molecular flexibility index (Phi) is 4.68. The van der Waals surface area contributed by atoms with Gasteiger partial charge in [-0.1, -0.05) is 6.07 Å². The van der Waals surface area contributed by atoms with Crippen LogP contribution < -0.4 is 5.32 Å². The standard InChI is InChI=1S/C15H22N2O3S/c1-11-6-7-13(9-12(11)2)15(18)16-10-14-5-4-8-17(14)21(3,19)20/h6-7,9,14H,4-5,8,10H2,1-3H3,(H,16,18). The zero-order valence-corrected chi connectivity index (χ0v) is 13.5. The molecule has 0 radical (unpaired) electrons. The Hall–Kier alpha value is -1.40. The lowest BCUT2D eigenvalue weighted by atomic mass is 10.1. The van der Waals surface area contributed by atoms with E-state index in [1.807, 2.05) is 26.0 Å². The molecule has 1 aromatic carbocycles. The lowest BCUT2D eigenvalue weighted by Crippen LogP contribution is -2.42. The first-order chi connectivity index (χ1) is 9.79. The van der Waals surface area contributed by atoms with E-state index in [0.717, 1.165) is 24.0 Å². The monoisotopic (exact) mass is 310 g/mol. The number of amides is 1. The van der Waals surface area contributed by atoms with Crippen LogP contribution in [0.4, 0.5) is 0 Å². The fourth-order valence-corrected chi connectivity index (χ4v) is 3.83. The molecule has 0 aromatic heterocycles. The second-order valence-electron chi connectivity index (χ2n) is 5.68. The molecule has 1 aromatic rings. The van der Waals surface area contributed by atoms with E-state index in [0.29, 0.717) is 18.7 Å². The first kappa shape index (κ1) is 16.0. The molecule has 6 heteroatoms. The van der Waals surface area contributed by atoms with Crippen LogP contribution in [0.3, 0.4) is 0 Å². The van der Waals surface area contributed by atoms with Crippen LogP contribution in [0.25, 0.3) is 0 Å². The van der Waals surface area contributed by atoms with Crippen molar-refractivity contribution < 1.29 is 13.2 Å². The molecule has 1 saturated heterocycles. The van der Waals surface area contributed by atoms with Gasteiger partial charge < -0.3 is 5.32 Å². The third kappa shape index (κ3) is 3.83. The van der Waals surface area contributed by atoms with Crippen LogP contribution in [0.5, 0.6) is 0 Å². The highest BCUT2D eigenvalue weighted by molar-refractivity contribution is 7.88. The van der Waals surface area contributed by atoms with Crippen LogP contribution >= 0.6 is 0 Å². The fourth-order valence-electron chi connectivity index (χ4n) is 2.65. The van der Waals surface area contributed by atoms with Gasteiger partial charge in [0.25, 0.3) is 5.91 Å². The maximum Gasteiger partial charge on any atom is 0.251 e. The van der Waals surface area contributed by atoms with E-state index in [4.69, 9.17) is 0 Å². The lowest BCUT2D eigenvalue weighted by Gasteiger charge is -2.22. The van der Waals surface area contributed by atoms with Crippen molar-refractivity contribution in [1.29, 1.82) is 0 Å². The predicted molar refractivity (Wildman–Crippen MR) is 82.8 cm³/mol. The van der Waals surface area contributed by atoms with E-state index < -0.39 is 10.0 Å². The Balaban J connectivity index is 1.99. The largest absolute Gasteiger partial charge is 0.350 e. The van der Waals surface area contributed by atoms with Crippen molar-refractivity contribution in [2.45, 2.75) is 32.7 Å². The maximum absolute atomic E-state index is 12.1. The molecule has 1 fully saturated rings. The molecule has 21 heavy (non-hydrogen) atoms. The van der Waals surface area contributed by atoms with Gasteiger partial charge in [-0.05, 0) is 49.9 Å². The van der Waals surface area contributed by atoms with Gasteiger partial charge in [0.05, 0.1) is 6.26 Å². The van der Waals surface area contributed by atoms with Gasteiger partial charge in [0.15, 0.2) is 0 Å². The number of rotatable bonds is 4. The number of hydrogen-bond donors (Lipinski definition) is 1. The molecular formula is C15H22N2O3S. The fraction of sp³-hybridized carbons (Fsp3) is 0.533. The van der Waals surface area contributed by atoms with Gasteiger partial charge in [-0.2, -0.15) is 4.31 Å². The molecule has 1 unspecified atom stereocenters. The molecule has 5 nitrogen and oxygen atoms in total. The first-order valence-corrected chi connectivity index (χ1v) is 8.96. The minimum Gasteiger partial charge on any atom is -0.350 e. The molecule has 0 bridgehead atoms. The van der Waals surface area contributed by atoms with Gasteiger partial charge in [-0.3, -0.25) is 4.79 Å². The quantitative estimate of drug-likeness (QED) is 0.915. The lowest BCUT2D eigenvalue weighted by molar-refractivity contribution is 0.0946. The van der Waals surface area contributed by atoms with E-state index in [-0.39, 0.29) is 11.9 Å². The smallest absolute Gasteiger partial charge is 0.251 e. The zero-order chi connectivity index (χ0) is 15.6. The number of nitrogens with one attached hydrogen (secondary N) is 1. The summed E-state index contributed by atoms with van der Waals surface area (Å²) < 4.78 is 24.8.